The number of ketones is 1. The molecule has 1 saturated heterocycles. The molecule has 1 atom stereocenters. The molecule has 1 aliphatic heterocycles. The van der Waals surface area contributed by atoms with Crippen molar-refractivity contribution in [3.05, 3.63) is 41.2 Å². The van der Waals surface area contributed by atoms with Gasteiger partial charge in [-0.15, -0.1) is 10.2 Å². The van der Waals surface area contributed by atoms with Crippen LogP contribution in [0.3, 0.4) is 0 Å². The highest BCUT2D eigenvalue weighted by molar-refractivity contribution is 7.99. The van der Waals surface area contributed by atoms with Crippen LogP contribution >= 0.6 is 11.8 Å². The maximum atomic E-state index is 12.5. The van der Waals surface area contributed by atoms with Crippen molar-refractivity contribution in [3.63, 3.8) is 0 Å². The maximum Gasteiger partial charge on any atom is 0.191 e. The van der Waals surface area contributed by atoms with Crippen LogP contribution in [0.1, 0.15) is 54.9 Å². The highest BCUT2D eigenvalue weighted by atomic mass is 32.2. The minimum atomic E-state index is -2.97. The van der Waals surface area contributed by atoms with Gasteiger partial charge in [0.15, 0.2) is 20.8 Å². The van der Waals surface area contributed by atoms with Gasteiger partial charge in [-0.2, -0.15) is 0 Å². The molecule has 146 valence electrons. The second kappa shape index (κ2) is 7.39. The van der Waals surface area contributed by atoms with Gasteiger partial charge in [0.1, 0.15) is 5.82 Å². The third-order valence-electron chi connectivity index (χ3n) is 4.87. The van der Waals surface area contributed by atoms with Crippen LogP contribution in [0, 0.1) is 0 Å². The Balaban J connectivity index is 1.64. The van der Waals surface area contributed by atoms with Crippen molar-refractivity contribution in [2.75, 3.05) is 17.3 Å². The Bertz CT molecular complexity index is 942. The predicted molar refractivity (Wildman–Crippen MR) is 107 cm³/mol. The van der Waals surface area contributed by atoms with E-state index in [-0.39, 0.29) is 34.4 Å². The molecule has 6 nitrogen and oxygen atoms in total. The third-order valence-corrected chi connectivity index (χ3v) is 7.66. The van der Waals surface area contributed by atoms with Gasteiger partial charge in [-0.25, -0.2) is 8.42 Å². The number of aromatic nitrogens is 3. The number of hydrogen-bond donors (Lipinski definition) is 0. The highest BCUT2D eigenvalue weighted by Crippen LogP contribution is 2.29. The molecule has 1 aliphatic rings. The van der Waals surface area contributed by atoms with Crippen molar-refractivity contribution < 1.29 is 13.2 Å². The van der Waals surface area contributed by atoms with E-state index in [1.54, 1.807) is 0 Å². The molecular formula is C19H25N3O3S2. The number of sulfone groups is 1. The van der Waals surface area contributed by atoms with E-state index in [1.807, 2.05) is 35.9 Å². The van der Waals surface area contributed by atoms with Gasteiger partial charge >= 0.3 is 0 Å². The quantitative estimate of drug-likeness (QED) is 0.560. The summed E-state index contributed by atoms with van der Waals surface area (Å²) in [4.78, 5) is 12.5. The van der Waals surface area contributed by atoms with Gasteiger partial charge in [0.2, 0.25) is 0 Å². The molecule has 1 aromatic carbocycles. The summed E-state index contributed by atoms with van der Waals surface area (Å²) in [5, 5.41) is 8.95. The average Bonchev–Trinajstić information content (AvgIpc) is 3.14. The van der Waals surface area contributed by atoms with Crippen LogP contribution in [0.25, 0.3) is 0 Å². The van der Waals surface area contributed by atoms with Gasteiger partial charge in [0, 0.05) is 18.5 Å². The fourth-order valence-electron chi connectivity index (χ4n) is 3.18. The monoisotopic (exact) mass is 407 g/mol. The lowest BCUT2D eigenvalue weighted by atomic mass is 9.86. The smallest absolute Gasteiger partial charge is 0.191 e. The molecule has 1 unspecified atom stereocenters. The van der Waals surface area contributed by atoms with Gasteiger partial charge in [0.05, 0.1) is 17.3 Å². The number of rotatable bonds is 5. The summed E-state index contributed by atoms with van der Waals surface area (Å²) < 4.78 is 25.2. The fourth-order valence-corrected chi connectivity index (χ4v) is 5.73. The minimum Gasteiger partial charge on any atom is -0.309 e. The predicted octanol–water partition coefficient (Wildman–Crippen LogP) is 2.99. The molecule has 0 amide bonds. The van der Waals surface area contributed by atoms with Crippen LogP contribution in [-0.4, -0.2) is 46.2 Å². The highest BCUT2D eigenvalue weighted by Gasteiger charge is 2.32. The second-order valence-electron chi connectivity index (χ2n) is 8.04. The molecule has 8 heteroatoms. The zero-order chi connectivity index (χ0) is 19.8. The molecule has 1 aromatic heterocycles. The molecule has 1 fully saturated rings. The first kappa shape index (κ1) is 20.1. The SMILES string of the molecule is Cn1c(SCC(=O)c2ccc(C(C)(C)C)cc2)nnc1C1CCS(=O)(=O)C1. The number of benzene rings is 1. The van der Waals surface area contributed by atoms with E-state index in [0.717, 1.165) is 0 Å². The first-order chi connectivity index (χ1) is 12.6. The second-order valence-corrected chi connectivity index (χ2v) is 11.2. The molecule has 27 heavy (non-hydrogen) atoms. The van der Waals surface area contributed by atoms with Crippen LogP contribution in [0.2, 0.25) is 0 Å². The Morgan fingerprint density at radius 1 is 1.22 bits per heavy atom. The van der Waals surface area contributed by atoms with E-state index in [0.29, 0.717) is 23.0 Å². The van der Waals surface area contributed by atoms with Crippen LogP contribution in [-0.2, 0) is 22.3 Å². The van der Waals surface area contributed by atoms with E-state index in [9.17, 15) is 13.2 Å². The van der Waals surface area contributed by atoms with E-state index in [4.69, 9.17) is 0 Å². The molecule has 3 rings (SSSR count). The molecule has 0 radical (unpaired) electrons. The van der Waals surface area contributed by atoms with Crippen LogP contribution in [0.4, 0.5) is 0 Å². The maximum absolute atomic E-state index is 12.5. The number of carbonyl (C=O) groups excluding carboxylic acids is 1. The summed E-state index contributed by atoms with van der Waals surface area (Å²) in [7, 11) is -1.14. The Morgan fingerprint density at radius 2 is 1.89 bits per heavy atom. The summed E-state index contributed by atoms with van der Waals surface area (Å²) in [6.45, 7) is 6.42. The van der Waals surface area contributed by atoms with Crippen molar-refractivity contribution in [3.8, 4) is 0 Å². The van der Waals surface area contributed by atoms with Gasteiger partial charge < -0.3 is 4.57 Å². The lowest BCUT2D eigenvalue weighted by Gasteiger charge is -2.18. The molecular weight excluding hydrogens is 382 g/mol. The summed E-state index contributed by atoms with van der Waals surface area (Å²) in [6, 6.07) is 7.74. The van der Waals surface area contributed by atoms with Crippen LogP contribution in [0.15, 0.2) is 29.4 Å². The van der Waals surface area contributed by atoms with E-state index in [2.05, 4.69) is 31.0 Å². The zero-order valence-electron chi connectivity index (χ0n) is 16.1. The molecule has 0 saturated carbocycles. The van der Waals surface area contributed by atoms with E-state index in [1.165, 1.54) is 17.3 Å². The van der Waals surface area contributed by atoms with Gasteiger partial charge in [-0.1, -0.05) is 56.8 Å². The molecule has 0 bridgehead atoms. The Hall–Kier alpha value is -1.67. The summed E-state index contributed by atoms with van der Waals surface area (Å²) in [5.41, 5.74) is 1.93. The van der Waals surface area contributed by atoms with Crippen molar-refractivity contribution in [1.29, 1.82) is 0 Å². The molecule has 2 aromatic rings. The van der Waals surface area contributed by atoms with Crippen molar-refractivity contribution >= 4 is 27.4 Å². The topological polar surface area (TPSA) is 81.9 Å². The summed E-state index contributed by atoms with van der Waals surface area (Å²) >= 11 is 1.33. The van der Waals surface area contributed by atoms with Crippen LogP contribution < -0.4 is 0 Å². The summed E-state index contributed by atoms with van der Waals surface area (Å²) in [6.07, 6.45) is 0.581. The number of thioether (sulfide) groups is 1. The first-order valence-electron chi connectivity index (χ1n) is 8.93. The number of hydrogen-bond acceptors (Lipinski definition) is 6. The average molecular weight is 408 g/mol. The summed E-state index contributed by atoms with van der Waals surface area (Å²) in [5.74, 6) is 1.21. The van der Waals surface area contributed by atoms with Crippen molar-refractivity contribution in [2.45, 2.75) is 43.7 Å². The van der Waals surface area contributed by atoms with Gasteiger partial charge in [0.25, 0.3) is 0 Å². The standard InChI is InChI=1S/C19H25N3O3S2/c1-19(2,3)15-7-5-13(6-8-15)16(23)11-26-18-21-20-17(22(18)4)14-9-10-27(24,25)12-14/h5-8,14H,9-12H2,1-4H3. The lowest BCUT2D eigenvalue weighted by molar-refractivity contribution is 0.102. The van der Waals surface area contributed by atoms with Crippen molar-refractivity contribution in [1.82, 2.24) is 14.8 Å². The molecule has 0 aliphatic carbocycles. The first-order valence-corrected chi connectivity index (χ1v) is 11.7. The van der Waals surface area contributed by atoms with E-state index < -0.39 is 9.84 Å². The number of carbonyl (C=O) groups is 1. The van der Waals surface area contributed by atoms with E-state index >= 15 is 0 Å². The third kappa shape index (κ3) is 4.60. The number of Topliss-reactive ketones (excluding diaryl/α,β-unsaturated/α-hetero) is 1. The Labute approximate surface area is 164 Å². The molecule has 2 heterocycles. The molecule has 0 N–H and O–H groups in total. The zero-order valence-corrected chi connectivity index (χ0v) is 17.7. The number of nitrogens with zero attached hydrogens (tertiary/aromatic N) is 3. The lowest BCUT2D eigenvalue weighted by Crippen LogP contribution is -2.12. The van der Waals surface area contributed by atoms with Gasteiger partial charge in [-0.3, -0.25) is 4.79 Å². The minimum absolute atomic E-state index is 0.0356. The molecule has 0 spiro atoms. The Kier molecular flexibility index (Phi) is 5.49. The largest absolute Gasteiger partial charge is 0.309 e. The van der Waals surface area contributed by atoms with Gasteiger partial charge in [-0.05, 0) is 17.4 Å². The fraction of sp³-hybridized carbons (Fsp3) is 0.526. The normalized spacial score (nSPS) is 19.3. The van der Waals surface area contributed by atoms with Crippen LogP contribution in [0.5, 0.6) is 0 Å². The Morgan fingerprint density at radius 3 is 2.44 bits per heavy atom. The van der Waals surface area contributed by atoms with Crippen molar-refractivity contribution in [2.24, 2.45) is 7.05 Å².